The summed E-state index contributed by atoms with van der Waals surface area (Å²) in [5.74, 6) is 0.709. The second-order valence-corrected chi connectivity index (χ2v) is 7.67. The predicted octanol–water partition coefficient (Wildman–Crippen LogP) is 6.45. The highest BCUT2D eigenvalue weighted by Gasteiger charge is 2.17. The van der Waals surface area contributed by atoms with Gasteiger partial charge in [0.15, 0.2) is 0 Å². The van der Waals surface area contributed by atoms with E-state index in [0.29, 0.717) is 19.1 Å². The molecule has 1 aliphatic carbocycles. The van der Waals surface area contributed by atoms with Gasteiger partial charge in [-0.25, -0.2) is 4.79 Å². The van der Waals surface area contributed by atoms with Crippen LogP contribution in [-0.2, 0) is 22.3 Å². The van der Waals surface area contributed by atoms with E-state index in [1.54, 1.807) is 0 Å². The summed E-state index contributed by atoms with van der Waals surface area (Å²) in [6, 6.07) is 19.0. The first kappa shape index (κ1) is 20.4. The zero-order valence-electron chi connectivity index (χ0n) is 16.8. The Morgan fingerprint density at radius 3 is 2.18 bits per heavy atom. The molecule has 2 aromatic carbocycles. The van der Waals surface area contributed by atoms with E-state index in [9.17, 15) is 4.79 Å². The van der Waals surface area contributed by atoms with Crippen molar-refractivity contribution in [1.29, 1.82) is 0 Å². The zero-order valence-corrected chi connectivity index (χ0v) is 16.8. The molecule has 1 saturated carbocycles. The Labute approximate surface area is 169 Å². The predicted molar refractivity (Wildman–Crippen MR) is 113 cm³/mol. The van der Waals surface area contributed by atoms with Crippen LogP contribution < -0.4 is 0 Å². The minimum atomic E-state index is -0.548. The van der Waals surface area contributed by atoms with Gasteiger partial charge in [0.25, 0.3) is 0 Å². The maximum Gasteiger partial charge on any atom is 0.508 e. The first-order chi connectivity index (χ1) is 13.8. The van der Waals surface area contributed by atoms with Gasteiger partial charge >= 0.3 is 6.16 Å². The molecule has 3 heteroatoms. The minimum Gasteiger partial charge on any atom is -0.434 e. The van der Waals surface area contributed by atoms with Gasteiger partial charge < -0.3 is 9.47 Å². The molecule has 0 heterocycles. The van der Waals surface area contributed by atoms with E-state index in [0.717, 1.165) is 25.7 Å². The van der Waals surface area contributed by atoms with Crippen molar-refractivity contribution in [3.05, 3.63) is 71.3 Å². The van der Waals surface area contributed by atoms with Crippen LogP contribution in [-0.4, -0.2) is 19.4 Å². The number of benzene rings is 2. The number of hydrogen-bond acceptors (Lipinski definition) is 3. The normalized spacial score (nSPS) is 14.6. The molecule has 0 spiro atoms. The first-order valence-electron chi connectivity index (χ1n) is 10.7. The van der Waals surface area contributed by atoms with Gasteiger partial charge in [-0.1, -0.05) is 73.9 Å². The lowest BCUT2D eigenvalue weighted by Crippen LogP contribution is -2.11. The molecule has 0 aromatic heterocycles. The molecule has 1 fully saturated rings. The van der Waals surface area contributed by atoms with E-state index in [4.69, 9.17) is 9.47 Å². The lowest BCUT2D eigenvalue weighted by atomic mass is 9.81. The largest absolute Gasteiger partial charge is 0.508 e. The quantitative estimate of drug-likeness (QED) is 0.370. The average molecular weight is 381 g/mol. The lowest BCUT2D eigenvalue weighted by molar-refractivity contribution is 0.0539. The molecule has 28 heavy (non-hydrogen) atoms. The van der Waals surface area contributed by atoms with Gasteiger partial charge in [-0.3, -0.25) is 0 Å². The molecule has 0 bridgehead atoms. The van der Waals surface area contributed by atoms with E-state index in [-0.39, 0.29) is 0 Å². The maximum absolute atomic E-state index is 11.7. The second-order valence-electron chi connectivity index (χ2n) is 7.67. The standard InChI is InChI=1S/C25H32O3/c26-25(27-19-9-13-21-11-3-1-4-12-21)28-20-10-17-23-16-7-8-18-24(23)22-14-5-2-6-15-22/h1,3-4,7-8,11-12,16,18,22H,2,5-6,9-10,13-15,17,19-20H2. The molecule has 0 aliphatic heterocycles. The number of carbonyl (C=O) groups is 1. The van der Waals surface area contributed by atoms with E-state index in [1.165, 1.54) is 48.8 Å². The van der Waals surface area contributed by atoms with Crippen LogP contribution in [0.5, 0.6) is 0 Å². The van der Waals surface area contributed by atoms with Crippen molar-refractivity contribution in [2.45, 2.75) is 63.7 Å². The fraction of sp³-hybridized carbons (Fsp3) is 0.480. The van der Waals surface area contributed by atoms with E-state index < -0.39 is 6.16 Å². The summed E-state index contributed by atoms with van der Waals surface area (Å²) in [6.07, 6.45) is 9.65. The van der Waals surface area contributed by atoms with Crippen molar-refractivity contribution in [1.82, 2.24) is 0 Å². The Morgan fingerprint density at radius 2 is 1.43 bits per heavy atom. The number of ether oxygens (including phenoxy) is 2. The molecular formula is C25H32O3. The van der Waals surface area contributed by atoms with Crippen LogP contribution in [0.3, 0.4) is 0 Å². The van der Waals surface area contributed by atoms with Crippen LogP contribution in [0, 0.1) is 0 Å². The summed E-state index contributed by atoms with van der Waals surface area (Å²) in [6.45, 7) is 0.814. The highest BCUT2D eigenvalue weighted by atomic mass is 16.7. The fourth-order valence-corrected chi connectivity index (χ4v) is 4.11. The fourth-order valence-electron chi connectivity index (χ4n) is 4.11. The summed E-state index contributed by atoms with van der Waals surface area (Å²) < 4.78 is 10.4. The molecule has 0 radical (unpaired) electrons. The molecule has 2 aromatic rings. The van der Waals surface area contributed by atoms with Gasteiger partial charge in [-0.15, -0.1) is 0 Å². The summed E-state index contributed by atoms with van der Waals surface area (Å²) in [4.78, 5) is 11.7. The third-order valence-corrected chi connectivity index (χ3v) is 5.58. The van der Waals surface area contributed by atoms with Gasteiger partial charge in [0.05, 0.1) is 13.2 Å². The Kier molecular flexibility index (Phi) is 8.42. The zero-order chi connectivity index (χ0) is 19.4. The molecule has 0 atom stereocenters. The highest BCUT2D eigenvalue weighted by molar-refractivity contribution is 5.59. The Morgan fingerprint density at radius 1 is 0.786 bits per heavy atom. The van der Waals surface area contributed by atoms with Crippen LogP contribution in [0.1, 0.15) is 67.6 Å². The summed E-state index contributed by atoms with van der Waals surface area (Å²) in [5.41, 5.74) is 4.18. The Bertz CT molecular complexity index is 705. The van der Waals surface area contributed by atoms with Gasteiger partial charge in [0, 0.05) is 0 Å². The van der Waals surface area contributed by atoms with Crippen LogP contribution in [0.25, 0.3) is 0 Å². The van der Waals surface area contributed by atoms with E-state index >= 15 is 0 Å². The first-order valence-corrected chi connectivity index (χ1v) is 10.7. The van der Waals surface area contributed by atoms with Crippen molar-refractivity contribution in [3.8, 4) is 0 Å². The second kappa shape index (κ2) is 11.5. The Hall–Kier alpha value is -2.29. The molecule has 0 N–H and O–H groups in total. The average Bonchev–Trinajstić information content (AvgIpc) is 2.76. The minimum absolute atomic E-state index is 0.401. The summed E-state index contributed by atoms with van der Waals surface area (Å²) in [7, 11) is 0. The summed E-state index contributed by atoms with van der Waals surface area (Å²) in [5, 5.41) is 0. The van der Waals surface area contributed by atoms with Gasteiger partial charge in [-0.2, -0.15) is 0 Å². The molecule has 0 unspecified atom stereocenters. The molecular weight excluding hydrogens is 348 g/mol. The molecule has 3 rings (SSSR count). The van der Waals surface area contributed by atoms with E-state index in [2.05, 4.69) is 36.4 Å². The maximum atomic E-state index is 11.7. The third kappa shape index (κ3) is 6.70. The SMILES string of the molecule is O=C(OCCCc1ccccc1)OCCCc1ccccc1C1CCCCC1. The van der Waals surface area contributed by atoms with Crippen LogP contribution in [0.4, 0.5) is 4.79 Å². The van der Waals surface area contributed by atoms with Gasteiger partial charge in [0.2, 0.25) is 0 Å². The molecule has 1 aliphatic rings. The van der Waals surface area contributed by atoms with Crippen molar-refractivity contribution in [2.24, 2.45) is 0 Å². The summed E-state index contributed by atoms with van der Waals surface area (Å²) >= 11 is 0. The van der Waals surface area contributed by atoms with Gasteiger partial charge in [-0.05, 0) is 61.1 Å². The topological polar surface area (TPSA) is 35.5 Å². The monoisotopic (exact) mass is 380 g/mol. The molecule has 3 nitrogen and oxygen atoms in total. The van der Waals surface area contributed by atoms with Crippen molar-refractivity contribution >= 4 is 6.16 Å². The van der Waals surface area contributed by atoms with Crippen LogP contribution in [0.2, 0.25) is 0 Å². The van der Waals surface area contributed by atoms with E-state index in [1.807, 2.05) is 18.2 Å². The molecule has 0 amide bonds. The number of rotatable bonds is 9. The number of aryl methyl sites for hydroxylation is 2. The number of carbonyl (C=O) groups excluding carboxylic acids is 1. The number of hydrogen-bond donors (Lipinski definition) is 0. The van der Waals surface area contributed by atoms with Crippen molar-refractivity contribution in [2.75, 3.05) is 13.2 Å². The smallest absolute Gasteiger partial charge is 0.434 e. The molecule has 150 valence electrons. The van der Waals surface area contributed by atoms with Gasteiger partial charge in [0.1, 0.15) is 0 Å². The van der Waals surface area contributed by atoms with Crippen LogP contribution in [0.15, 0.2) is 54.6 Å². The highest BCUT2D eigenvalue weighted by Crippen LogP contribution is 2.34. The lowest BCUT2D eigenvalue weighted by Gasteiger charge is -2.24. The van der Waals surface area contributed by atoms with Crippen LogP contribution >= 0.6 is 0 Å². The Balaban J connectivity index is 1.31. The van der Waals surface area contributed by atoms with Crippen molar-refractivity contribution < 1.29 is 14.3 Å². The molecule has 0 saturated heterocycles. The van der Waals surface area contributed by atoms with Crippen molar-refractivity contribution in [3.63, 3.8) is 0 Å². The third-order valence-electron chi connectivity index (χ3n) is 5.58.